The highest BCUT2D eigenvalue weighted by Gasteiger charge is 2.08. The average molecular weight is 329 g/mol. The van der Waals surface area contributed by atoms with E-state index in [-0.39, 0.29) is 5.91 Å². The second-order valence-corrected chi connectivity index (χ2v) is 5.98. The molecule has 3 rings (SSSR count). The van der Waals surface area contributed by atoms with Crippen molar-refractivity contribution in [3.05, 3.63) is 72.3 Å². The lowest BCUT2D eigenvalue weighted by atomic mass is 10.1. The van der Waals surface area contributed by atoms with Gasteiger partial charge in [-0.05, 0) is 47.2 Å². The van der Waals surface area contributed by atoms with Gasteiger partial charge >= 0.3 is 0 Å². The van der Waals surface area contributed by atoms with Crippen molar-refractivity contribution in [2.75, 3.05) is 5.32 Å². The van der Waals surface area contributed by atoms with E-state index in [1.165, 1.54) is 0 Å². The van der Waals surface area contributed by atoms with Crippen LogP contribution in [-0.4, -0.2) is 11.7 Å². The van der Waals surface area contributed by atoms with E-state index in [1.54, 1.807) is 30.3 Å². The number of nitrogens with one attached hydrogen (secondary N) is 1. The Hall–Kier alpha value is -2.40. The Morgan fingerprint density at radius 2 is 1.61 bits per heavy atom. The van der Waals surface area contributed by atoms with E-state index in [0.29, 0.717) is 27.9 Å². The van der Waals surface area contributed by atoms with E-state index >= 15 is 0 Å². The molecule has 0 bridgehead atoms. The van der Waals surface area contributed by atoms with Crippen LogP contribution < -0.4 is 5.32 Å². The number of rotatable bonds is 4. The molecule has 2 nitrogen and oxygen atoms in total. The van der Waals surface area contributed by atoms with Gasteiger partial charge in [0.2, 0.25) is 0 Å². The summed E-state index contributed by atoms with van der Waals surface area (Å²) in [6.45, 7) is 0. The molecule has 5 heteroatoms. The smallest absolute Gasteiger partial charge is 0.288 e. The molecule has 0 spiro atoms. The number of thioether (sulfide) groups is 1. The maximum absolute atomic E-state index is 12.3. The van der Waals surface area contributed by atoms with Crippen LogP contribution in [0.2, 0.25) is 0 Å². The molecule has 0 atom stereocenters. The number of hydrogen-bond acceptors (Lipinski definition) is 2. The van der Waals surface area contributed by atoms with Crippen molar-refractivity contribution in [1.29, 1.82) is 0 Å². The summed E-state index contributed by atoms with van der Waals surface area (Å²) in [4.78, 5) is 12.7. The molecule has 0 aliphatic heterocycles. The number of carbonyl (C=O) groups is 1. The van der Waals surface area contributed by atoms with Crippen LogP contribution in [0.15, 0.2) is 71.6 Å². The summed E-state index contributed by atoms with van der Waals surface area (Å²) in [5.74, 6) is -2.68. The predicted octanol–water partition coefficient (Wildman–Crippen LogP) is 5.41. The van der Waals surface area contributed by atoms with E-state index in [0.717, 1.165) is 10.8 Å². The predicted molar refractivity (Wildman–Crippen MR) is 90.2 cm³/mol. The highest BCUT2D eigenvalue weighted by Crippen LogP contribution is 2.26. The first-order valence-corrected chi connectivity index (χ1v) is 7.85. The zero-order valence-corrected chi connectivity index (χ0v) is 12.8. The lowest BCUT2D eigenvalue weighted by Gasteiger charge is -2.07. The van der Waals surface area contributed by atoms with E-state index in [2.05, 4.69) is 5.32 Å². The lowest BCUT2D eigenvalue weighted by molar-refractivity contribution is 0.102. The fourth-order valence-corrected chi connectivity index (χ4v) is 2.75. The summed E-state index contributed by atoms with van der Waals surface area (Å²) in [5, 5.41) is 4.82. The zero-order valence-electron chi connectivity index (χ0n) is 12.0. The van der Waals surface area contributed by atoms with Crippen molar-refractivity contribution in [2.24, 2.45) is 0 Å². The van der Waals surface area contributed by atoms with Crippen molar-refractivity contribution in [2.45, 2.75) is 10.7 Å². The van der Waals surface area contributed by atoms with Gasteiger partial charge in [0, 0.05) is 16.1 Å². The first-order chi connectivity index (χ1) is 11.1. The number of amides is 1. The summed E-state index contributed by atoms with van der Waals surface area (Å²) in [5.41, 5.74) is 1.12. The van der Waals surface area contributed by atoms with Crippen LogP contribution in [0.25, 0.3) is 10.8 Å². The van der Waals surface area contributed by atoms with Gasteiger partial charge in [-0.2, -0.15) is 8.78 Å². The molecule has 0 saturated carbocycles. The van der Waals surface area contributed by atoms with Crippen molar-refractivity contribution in [1.82, 2.24) is 0 Å². The lowest BCUT2D eigenvalue weighted by Crippen LogP contribution is -2.11. The summed E-state index contributed by atoms with van der Waals surface area (Å²) in [6.07, 6.45) is 0. The zero-order chi connectivity index (χ0) is 16.2. The van der Waals surface area contributed by atoms with Gasteiger partial charge in [-0.25, -0.2) is 0 Å². The first kappa shape index (κ1) is 15.5. The maximum Gasteiger partial charge on any atom is 0.288 e. The number of alkyl halides is 2. The Morgan fingerprint density at radius 3 is 2.30 bits per heavy atom. The van der Waals surface area contributed by atoms with Crippen molar-refractivity contribution >= 4 is 34.1 Å². The SMILES string of the molecule is O=C(Nc1ccc(SC(F)F)cc1)c1ccc2ccccc2c1. The van der Waals surface area contributed by atoms with Gasteiger partial charge in [-0.3, -0.25) is 4.79 Å². The molecule has 1 N–H and O–H groups in total. The Balaban J connectivity index is 1.74. The molecular formula is C18H13F2NOS. The van der Waals surface area contributed by atoms with Crippen molar-refractivity contribution in [3.8, 4) is 0 Å². The number of benzene rings is 3. The normalized spacial score (nSPS) is 10.9. The second kappa shape index (κ2) is 6.79. The molecule has 0 heterocycles. The standard InChI is InChI=1S/C18H13F2NOS/c19-18(20)23-16-9-7-15(8-10-16)21-17(22)14-6-5-12-3-1-2-4-13(12)11-14/h1-11,18H,(H,21,22). The van der Waals surface area contributed by atoms with E-state index in [1.807, 2.05) is 36.4 Å². The molecule has 0 aliphatic carbocycles. The van der Waals surface area contributed by atoms with Crippen LogP contribution in [0, 0.1) is 0 Å². The molecule has 0 saturated heterocycles. The summed E-state index contributed by atoms with van der Waals surface area (Å²) in [7, 11) is 0. The molecule has 0 fully saturated rings. The molecule has 1 amide bonds. The van der Waals surface area contributed by atoms with Gasteiger partial charge in [0.15, 0.2) is 0 Å². The minimum Gasteiger partial charge on any atom is -0.322 e. The minimum absolute atomic E-state index is 0.231. The van der Waals surface area contributed by atoms with Gasteiger partial charge in [-0.1, -0.05) is 42.1 Å². The van der Waals surface area contributed by atoms with Gasteiger partial charge in [0.05, 0.1) is 0 Å². The van der Waals surface area contributed by atoms with Crippen LogP contribution in [0.3, 0.4) is 0 Å². The van der Waals surface area contributed by atoms with Gasteiger partial charge in [-0.15, -0.1) is 0 Å². The summed E-state index contributed by atoms with van der Waals surface area (Å²) in [6, 6.07) is 19.6. The number of carbonyl (C=O) groups excluding carboxylic acids is 1. The second-order valence-electron chi connectivity index (χ2n) is 4.92. The molecule has 116 valence electrons. The van der Waals surface area contributed by atoms with Crippen LogP contribution in [-0.2, 0) is 0 Å². The maximum atomic E-state index is 12.3. The molecule has 0 aromatic heterocycles. The van der Waals surface area contributed by atoms with Crippen LogP contribution in [0.1, 0.15) is 10.4 Å². The first-order valence-electron chi connectivity index (χ1n) is 6.97. The topological polar surface area (TPSA) is 29.1 Å². The van der Waals surface area contributed by atoms with Gasteiger partial charge in [0.25, 0.3) is 11.7 Å². The third-order valence-electron chi connectivity index (χ3n) is 3.35. The van der Waals surface area contributed by atoms with Crippen LogP contribution in [0.4, 0.5) is 14.5 Å². The Morgan fingerprint density at radius 1 is 0.913 bits per heavy atom. The third-order valence-corrected chi connectivity index (χ3v) is 4.07. The average Bonchev–Trinajstić information content (AvgIpc) is 2.55. The highest BCUT2D eigenvalue weighted by molar-refractivity contribution is 7.99. The largest absolute Gasteiger partial charge is 0.322 e. The third kappa shape index (κ3) is 3.87. The van der Waals surface area contributed by atoms with Gasteiger partial charge in [0.1, 0.15) is 0 Å². The van der Waals surface area contributed by atoms with Crippen molar-refractivity contribution in [3.63, 3.8) is 0 Å². The van der Waals surface area contributed by atoms with Crippen LogP contribution in [0.5, 0.6) is 0 Å². The highest BCUT2D eigenvalue weighted by atomic mass is 32.2. The summed E-state index contributed by atoms with van der Waals surface area (Å²) >= 11 is 0.478. The monoisotopic (exact) mass is 329 g/mol. The molecule has 3 aromatic carbocycles. The molecular weight excluding hydrogens is 316 g/mol. The van der Waals surface area contributed by atoms with E-state index in [4.69, 9.17) is 0 Å². The van der Waals surface area contributed by atoms with E-state index < -0.39 is 5.76 Å². The number of anilines is 1. The quantitative estimate of drug-likeness (QED) is 0.649. The Bertz CT molecular complexity index is 834. The van der Waals surface area contributed by atoms with E-state index in [9.17, 15) is 13.6 Å². The molecule has 23 heavy (non-hydrogen) atoms. The summed E-state index contributed by atoms with van der Waals surface area (Å²) < 4.78 is 24.5. The van der Waals surface area contributed by atoms with Crippen molar-refractivity contribution < 1.29 is 13.6 Å². The fraction of sp³-hybridized carbons (Fsp3) is 0.0556. The molecule has 0 radical (unpaired) electrons. The molecule has 0 unspecified atom stereocenters. The number of fused-ring (bicyclic) bond motifs is 1. The van der Waals surface area contributed by atoms with Crippen LogP contribution >= 0.6 is 11.8 Å². The Kier molecular flexibility index (Phi) is 4.57. The molecule has 0 aliphatic rings. The number of halogens is 2. The molecule has 3 aromatic rings. The fourth-order valence-electron chi connectivity index (χ4n) is 2.25. The number of hydrogen-bond donors (Lipinski definition) is 1. The van der Waals surface area contributed by atoms with Gasteiger partial charge < -0.3 is 5.32 Å². The minimum atomic E-state index is -2.45. The Labute approximate surface area is 136 Å².